The summed E-state index contributed by atoms with van der Waals surface area (Å²) in [4.78, 5) is 11.4. The van der Waals surface area contributed by atoms with Crippen molar-refractivity contribution < 1.29 is 9.90 Å². The minimum absolute atomic E-state index is 0.346. The smallest absolute Gasteiger partial charge is 0.339 e. The van der Waals surface area contributed by atoms with Crippen molar-refractivity contribution in [3.8, 4) is 0 Å². The number of carboxylic acid groups (broad SMARTS) is 1. The highest BCUT2D eigenvalue weighted by Gasteiger charge is 2.20. The van der Waals surface area contributed by atoms with E-state index in [0.717, 1.165) is 28.2 Å². The number of rotatable bonds is 3. The van der Waals surface area contributed by atoms with Gasteiger partial charge in [-0.25, -0.2) is 4.79 Å². The summed E-state index contributed by atoms with van der Waals surface area (Å²) in [5.74, 6) is -0.899. The largest absolute Gasteiger partial charge is 0.478 e. The van der Waals surface area contributed by atoms with Crippen molar-refractivity contribution in [2.24, 2.45) is 7.05 Å². The molecule has 0 aliphatic heterocycles. The maximum absolute atomic E-state index is 11.4. The average molecular weight is 361 g/mol. The third-order valence-electron chi connectivity index (χ3n) is 2.82. The molecule has 1 heterocycles. The van der Waals surface area contributed by atoms with Crippen LogP contribution in [-0.2, 0) is 13.5 Å². The summed E-state index contributed by atoms with van der Waals surface area (Å²) < 4.78 is 2.47. The van der Waals surface area contributed by atoms with E-state index in [1.54, 1.807) is 0 Å². The highest BCUT2D eigenvalue weighted by atomic mass is 79.9. The Balaban J connectivity index is 2.87. The van der Waals surface area contributed by atoms with Crippen LogP contribution < -0.4 is 0 Å². The summed E-state index contributed by atoms with van der Waals surface area (Å²) in [5, 5.41) is 11.0. The predicted octanol–water partition coefficient (Wildman–Crippen LogP) is 3.58. The van der Waals surface area contributed by atoms with E-state index in [1.165, 1.54) is 0 Å². The molecule has 0 fully saturated rings. The first-order valence-corrected chi connectivity index (χ1v) is 7.04. The lowest BCUT2D eigenvalue weighted by molar-refractivity contribution is 0.0697. The molecule has 0 amide bonds. The second kappa shape index (κ2) is 4.82. The van der Waals surface area contributed by atoms with Crippen LogP contribution in [0.2, 0.25) is 0 Å². The highest BCUT2D eigenvalue weighted by molar-refractivity contribution is 9.10. The molecule has 5 heteroatoms. The van der Waals surface area contributed by atoms with Crippen LogP contribution in [0.3, 0.4) is 0 Å². The molecule has 0 atom stereocenters. The fraction of sp³-hybridized carbons (Fsp3) is 0.250. The number of aryl methyl sites for hydroxylation is 2. The number of carboxylic acids is 1. The van der Waals surface area contributed by atoms with Crippen molar-refractivity contribution >= 4 is 48.7 Å². The Labute approximate surface area is 116 Å². The number of aromatic carboxylic acids is 1. The maximum Gasteiger partial charge on any atom is 0.339 e. The number of fused-ring (bicyclic) bond motifs is 1. The molecule has 1 aromatic carbocycles. The lowest BCUT2D eigenvalue weighted by atomic mass is 10.0. The molecular formula is C12H11Br2NO2. The quantitative estimate of drug-likeness (QED) is 0.850. The van der Waals surface area contributed by atoms with E-state index in [1.807, 2.05) is 29.8 Å². The standard InChI is InChI=1S/C12H11Br2NO2/c1-15-8-4-2-3-7(5-6-13)9(8)10(11(15)14)12(16)17/h2-4H,5-6H2,1H3,(H,16,17). The molecule has 0 aliphatic carbocycles. The van der Waals surface area contributed by atoms with Crippen LogP contribution in [0, 0.1) is 0 Å². The van der Waals surface area contributed by atoms with Crippen molar-refractivity contribution in [2.45, 2.75) is 6.42 Å². The summed E-state index contributed by atoms with van der Waals surface area (Å²) >= 11 is 6.74. The zero-order chi connectivity index (χ0) is 12.6. The number of halogens is 2. The van der Waals surface area contributed by atoms with Crippen LogP contribution in [-0.4, -0.2) is 21.0 Å². The molecule has 0 radical (unpaired) electrons. The third kappa shape index (κ3) is 2.02. The zero-order valence-corrected chi connectivity index (χ0v) is 12.4. The van der Waals surface area contributed by atoms with Gasteiger partial charge in [-0.2, -0.15) is 0 Å². The number of alkyl halides is 1. The fourth-order valence-corrected chi connectivity index (χ4v) is 3.02. The average Bonchev–Trinajstić information content (AvgIpc) is 2.54. The van der Waals surface area contributed by atoms with Crippen molar-refractivity contribution in [1.82, 2.24) is 4.57 Å². The van der Waals surface area contributed by atoms with Crippen LogP contribution in [0.15, 0.2) is 22.8 Å². The van der Waals surface area contributed by atoms with Gasteiger partial charge in [-0.15, -0.1) is 0 Å². The van der Waals surface area contributed by atoms with Gasteiger partial charge in [-0.1, -0.05) is 28.1 Å². The monoisotopic (exact) mass is 359 g/mol. The Kier molecular flexibility index (Phi) is 3.58. The number of aromatic nitrogens is 1. The summed E-state index contributed by atoms with van der Waals surface area (Å²) in [6.07, 6.45) is 0.814. The lowest BCUT2D eigenvalue weighted by Crippen LogP contribution is -1.98. The molecular weight excluding hydrogens is 350 g/mol. The summed E-state index contributed by atoms with van der Waals surface area (Å²) in [7, 11) is 1.86. The molecule has 0 saturated heterocycles. The molecule has 2 rings (SSSR count). The van der Waals surface area contributed by atoms with Gasteiger partial charge in [0, 0.05) is 23.3 Å². The molecule has 2 aromatic rings. The molecule has 1 aromatic heterocycles. The molecule has 0 aliphatic rings. The Hall–Kier alpha value is -0.810. The SMILES string of the molecule is Cn1c(Br)c(C(=O)O)c2c(CCBr)cccc21. The van der Waals surface area contributed by atoms with Gasteiger partial charge in [0.05, 0.1) is 5.56 Å². The van der Waals surface area contributed by atoms with Gasteiger partial charge in [0.2, 0.25) is 0 Å². The van der Waals surface area contributed by atoms with Crippen LogP contribution in [0.1, 0.15) is 15.9 Å². The lowest BCUT2D eigenvalue weighted by Gasteiger charge is -2.02. The zero-order valence-electron chi connectivity index (χ0n) is 9.20. The molecule has 90 valence electrons. The summed E-state index contributed by atoms with van der Waals surface area (Å²) in [5.41, 5.74) is 2.34. The molecule has 0 bridgehead atoms. The van der Waals surface area contributed by atoms with E-state index in [9.17, 15) is 9.90 Å². The topological polar surface area (TPSA) is 42.2 Å². The van der Waals surface area contributed by atoms with Gasteiger partial charge in [-0.05, 0) is 34.0 Å². The number of carbonyl (C=O) groups is 1. The number of hydrogen-bond donors (Lipinski definition) is 1. The molecule has 3 nitrogen and oxygen atoms in total. The van der Waals surface area contributed by atoms with Gasteiger partial charge in [-0.3, -0.25) is 0 Å². The molecule has 0 saturated carbocycles. The Morgan fingerprint density at radius 3 is 2.76 bits per heavy atom. The molecule has 0 unspecified atom stereocenters. The van der Waals surface area contributed by atoms with Crippen LogP contribution in [0.4, 0.5) is 0 Å². The number of nitrogens with zero attached hydrogens (tertiary/aromatic N) is 1. The number of benzene rings is 1. The van der Waals surface area contributed by atoms with E-state index in [-0.39, 0.29) is 0 Å². The normalized spacial score (nSPS) is 11.0. The molecule has 0 spiro atoms. The summed E-state index contributed by atoms with van der Waals surface area (Å²) in [6.45, 7) is 0. The first kappa shape index (κ1) is 12.6. The van der Waals surface area contributed by atoms with E-state index >= 15 is 0 Å². The second-order valence-corrected chi connectivity index (χ2v) is 5.32. The maximum atomic E-state index is 11.4. The first-order valence-electron chi connectivity index (χ1n) is 5.13. The van der Waals surface area contributed by atoms with Crippen molar-refractivity contribution in [2.75, 3.05) is 5.33 Å². The summed E-state index contributed by atoms with van der Waals surface area (Å²) in [6, 6.07) is 5.87. The van der Waals surface area contributed by atoms with Crippen molar-refractivity contribution in [1.29, 1.82) is 0 Å². The third-order valence-corrected chi connectivity index (χ3v) is 4.14. The van der Waals surface area contributed by atoms with Gasteiger partial charge >= 0.3 is 5.97 Å². The van der Waals surface area contributed by atoms with E-state index in [2.05, 4.69) is 31.9 Å². The predicted molar refractivity (Wildman–Crippen MR) is 75.1 cm³/mol. The Bertz CT molecular complexity index is 590. The van der Waals surface area contributed by atoms with Crippen molar-refractivity contribution in [3.05, 3.63) is 33.9 Å². The second-order valence-electron chi connectivity index (χ2n) is 3.78. The van der Waals surface area contributed by atoms with Crippen LogP contribution >= 0.6 is 31.9 Å². The highest BCUT2D eigenvalue weighted by Crippen LogP contribution is 2.32. The minimum atomic E-state index is -0.899. The molecule has 17 heavy (non-hydrogen) atoms. The van der Waals surface area contributed by atoms with E-state index in [0.29, 0.717) is 10.2 Å². The van der Waals surface area contributed by atoms with Gasteiger partial charge in [0.25, 0.3) is 0 Å². The van der Waals surface area contributed by atoms with E-state index < -0.39 is 5.97 Å². The Morgan fingerprint density at radius 1 is 1.47 bits per heavy atom. The first-order chi connectivity index (χ1) is 8.07. The van der Waals surface area contributed by atoms with E-state index in [4.69, 9.17) is 0 Å². The van der Waals surface area contributed by atoms with Crippen molar-refractivity contribution in [3.63, 3.8) is 0 Å². The molecule has 1 N–H and O–H groups in total. The number of hydrogen-bond acceptors (Lipinski definition) is 1. The van der Waals surface area contributed by atoms with Gasteiger partial charge < -0.3 is 9.67 Å². The van der Waals surface area contributed by atoms with Crippen LogP contribution in [0.5, 0.6) is 0 Å². The fourth-order valence-electron chi connectivity index (χ4n) is 2.04. The van der Waals surface area contributed by atoms with Crippen LogP contribution in [0.25, 0.3) is 10.9 Å². The minimum Gasteiger partial charge on any atom is -0.478 e. The van der Waals surface area contributed by atoms with Gasteiger partial charge in [0.1, 0.15) is 4.60 Å². The Morgan fingerprint density at radius 2 is 2.18 bits per heavy atom. The van der Waals surface area contributed by atoms with Gasteiger partial charge in [0.15, 0.2) is 0 Å².